The number of methoxy groups -OCH3 is 1. The van der Waals surface area contributed by atoms with E-state index in [1.54, 1.807) is 67.6 Å². The Kier molecular flexibility index (Phi) is 6.31. The Morgan fingerprint density at radius 2 is 1.55 bits per heavy atom. The molecule has 3 heterocycles. The van der Waals surface area contributed by atoms with E-state index in [9.17, 15) is 14.4 Å². The van der Waals surface area contributed by atoms with Crippen molar-refractivity contribution in [2.45, 2.75) is 19.1 Å². The molecule has 3 aromatic carbocycles. The number of hydroxylamine groups is 1. The number of ether oxygens (including phenoxy) is 2. The first-order valence-electron chi connectivity index (χ1n) is 12.7. The molecule has 3 atom stereocenters. The van der Waals surface area contributed by atoms with Crippen LogP contribution >= 0.6 is 0 Å². The molecule has 2 amide bonds. The van der Waals surface area contributed by atoms with Crippen LogP contribution in [0.3, 0.4) is 0 Å². The van der Waals surface area contributed by atoms with Crippen LogP contribution in [0, 0.1) is 12.8 Å². The molecule has 0 radical (unpaired) electrons. The van der Waals surface area contributed by atoms with Gasteiger partial charge in [0.2, 0.25) is 5.91 Å². The van der Waals surface area contributed by atoms with Crippen molar-refractivity contribution >= 4 is 29.2 Å². The molecule has 0 saturated carbocycles. The van der Waals surface area contributed by atoms with Crippen molar-refractivity contribution in [1.82, 2.24) is 9.78 Å². The van der Waals surface area contributed by atoms with Crippen LogP contribution in [0.2, 0.25) is 0 Å². The number of aromatic nitrogens is 2. The molecule has 2 aliphatic heterocycles. The quantitative estimate of drug-likeness (QED) is 0.206. The maximum Gasteiger partial charge on any atom is 0.362 e. The number of nitrogens with zero attached hydrogens (tertiary/aromatic N) is 4. The number of carbonyl (C=O) groups is 3. The van der Waals surface area contributed by atoms with Crippen molar-refractivity contribution in [3.05, 3.63) is 102 Å². The molecule has 0 N–H and O–H groups in total. The van der Waals surface area contributed by atoms with Gasteiger partial charge in [-0.3, -0.25) is 19.1 Å². The van der Waals surface area contributed by atoms with Crippen molar-refractivity contribution < 1.29 is 28.7 Å². The summed E-state index contributed by atoms with van der Waals surface area (Å²) in [6.07, 6.45) is -1.01. The number of amides is 2. The fourth-order valence-electron chi connectivity index (χ4n) is 5.29. The Morgan fingerprint density at radius 3 is 2.17 bits per heavy atom. The zero-order valence-corrected chi connectivity index (χ0v) is 22.1. The van der Waals surface area contributed by atoms with Crippen LogP contribution < -0.4 is 19.4 Å². The Bertz CT molecular complexity index is 1600. The first-order valence-corrected chi connectivity index (χ1v) is 12.7. The molecule has 10 nitrogen and oxygen atoms in total. The lowest BCUT2D eigenvalue weighted by atomic mass is 9.90. The van der Waals surface area contributed by atoms with Crippen LogP contribution in [0.4, 0.5) is 11.4 Å². The molecule has 2 saturated heterocycles. The predicted octanol–water partition coefficient (Wildman–Crippen LogP) is 4.01. The molecule has 0 bridgehead atoms. The van der Waals surface area contributed by atoms with Gasteiger partial charge in [0.25, 0.3) is 5.91 Å². The summed E-state index contributed by atoms with van der Waals surface area (Å²) in [5, 5.41) is 5.80. The number of esters is 1. The molecular formula is C30H26N4O6. The van der Waals surface area contributed by atoms with Crippen LogP contribution in [0.25, 0.3) is 0 Å². The molecule has 0 aliphatic carbocycles. The van der Waals surface area contributed by atoms with E-state index in [2.05, 4.69) is 5.10 Å². The average Bonchev–Trinajstić information content (AvgIpc) is 3.60. The Labute approximate surface area is 230 Å². The summed E-state index contributed by atoms with van der Waals surface area (Å²) in [5.41, 5.74) is 2.82. The Balaban J connectivity index is 1.38. The highest BCUT2D eigenvalue weighted by atomic mass is 16.7. The van der Waals surface area contributed by atoms with E-state index in [0.29, 0.717) is 28.3 Å². The molecule has 2 fully saturated rings. The third-order valence-electron chi connectivity index (χ3n) is 7.08. The van der Waals surface area contributed by atoms with E-state index in [-0.39, 0.29) is 17.4 Å². The van der Waals surface area contributed by atoms with Gasteiger partial charge in [-0.05, 0) is 55.0 Å². The molecule has 2 aliphatic rings. The van der Waals surface area contributed by atoms with Crippen molar-refractivity contribution in [3.63, 3.8) is 0 Å². The molecule has 0 unspecified atom stereocenters. The number of aryl methyl sites for hydroxylation is 2. The van der Waals surface area contributed by atoms with Gasteiger partial charge in [-0.1, -0.05) is 42.5 Å². The highest BCUT2D eigenvalue weighted by Crippen LogP contribution is 2.48. The van der Waals surface area contributed by atoms with E-state index >= 15 is 0 Å². The maximum absolute atomic E-state index is 13.8. The zero-order chi connectivity index (χ0) is 28.0. The number of carbonyl (C=O) groups excluding carboxylic acids is 3. The first-order chi connectivity index (χ1) is 19.4. The fourth-order valence-corrected chi connectivity index (χ4v) is 5.29. The lowest BCUT2D eigenvalue weighted by Crippen LogP contribution is -2.37. The SMILES string of the molecule is COc1cc([C@H]2[C@@H]3C(=O)N(c4ccccc4)C(=O)[C@H]3ON2c2ccccc2)ccc1OC(=O)c1cc(C)nn1C. The number of para-hydroxylation sites is 2. The van der Waals surface area contributed by atoms with Gasteiger partial charge in [0.1, 0.15) is 11.6 Å². The number of hydrogen-bond acceptors (Lipinski definition) is 8. The van der Waals surface area contributed by atoms with Gasteiger partial charge in [-0.25, -0.2) is 14.8 Å². The first kappa shape index (κ1) is 25.3. The van der Waals surface area contributed by atoms with Crippen molar-refractivity contribution in [2.75, 3.05) is 17.1 Å². The minimum Gasteiger partial charge on any atom is -0.493 e. The fraction of sp³-hybridized carbons (Fsp3) is 0.200. The van der Waals surface area contributed by atoms with E-state index in [4.69, 9.17) is 14.3 Å². The molecule has 6 rings (SSSR count). The topological polar surface area (TPSA) is 103 Å². The van der Waals surface area contributed by atoms with Crippen LogP contribution in [-0.2, 0) is 21.5 Å². The summed E-state index contributed by atoms with van der Waals surface area (Å²) < 4.78 is 12.7. The van der Waals surface area contributed by atoms with Gasteiger partial charge in [-0.15, -0.1) is 0 Å². The third kappa shape index (κ3) is 4.18. The van der Waals surface area contributed by atoms with Gasteiger partial charge >= 0.3 is 5.97 Å². The molecule has 1 aromatic heterocycles. The second-order valence-corrected chi connectivity index (χ2v) is 9.60. The molecule has 4 aromatic rings. The van der Waals surface area contributed by atoms with Gasteiger partial charge in [-0.2, -0.15) is 5.10 Å². The van der Waals surface area contributed by atoms with Crippen molar-refractivity contribution in [1.29, 1.82) is 0 Å². The summed E-state index contributed by atoms with van der Waals surface area (Å²) in [6.45, 7) is 1.79. The van der Waals surface area contributed by atoms with Gasteiger partial charge in [0.15, 0.2) is 17.6 Å². The third-order valence-corrected chi connectivity index (χ3v) is 7.08. The van der Waals surface area contributed by atoms with E-state index in [0.717, 1.165) is 0 Å². The van der Waals surface area contributed by atoms with E-state index in [1.165, 1.54) is 16.7 Å². The normalized spacial score (nSPS) is 20.1. The predicted molar refractivity (Wildman–Crippen MR) is 145 cm³/mol. The molecule has 202 valence electrons. The summed E-state index contributed by atoms with van der Waals surface area (Å²) in [4.78, 5) is 47.5. The van der Waals surface area contributed by atoms with Gasteiger partial charge in [0.05, 0.1) is 30.2 Å². The average molecular weight is 539 g/mol. The minimum atomic E-state index is -1.01. The highest BCUT2D eigenvalue weighted by molar-refractivity contribution is 6.23. The van der Waals surface area contributed by atoms with Crippen molar-refractivity contribution in [3.8, 4) is 11.5 Å². The van der Waals surface area contributed by atoms with Crippen LogP contribution in [-0.4, -0.2) is 40.8 Å². The number of imide groups is 1. The lowest BCUT2D eigenvalue weighted by Gasteiger charge is -2.29. The highest BCUT2D eigenvalue weighted by Gasteiger charge is 2.60. The number of fused-ring (bicyclic) bond motifs is 1. The van der Waals surface area contributed by atoms with Crippen LogP contribution in [0.1, 0.15) is 27.8 Å². The number of benzene rings is 3. The summed E-state index contributed by atoms with van der Waals surface area (Å²) in [5.74, 6) is -1.68. The number of anilines is 2. The molecule has 10 heteroatoms. The molecule has 0 spiro atoms. The zero-order valence-electron chi connectivity index (χ0n) is 22.1. The second kappa shape index (κ2) is 9.97. The second-order valence-electron chi connectivity index (χ2n) is 9.60. The standard InChI is InChI=1S/C30H26N4O6/c1-18-16-22(32(2)31-18)30(37)39-23-15-14-19(17-24(23)38-3)26-25-27(40-34(26)21-12-8-5-9-13-21)29(36)33(28(25)35)20-10-6-4-7-11-20/h4-17,25-27H,1-3H3/t25-,26-,27-/m0/s1. The van der Waals surface area contributed by atoms with E-state index in [1.807, 2.05) is 36.4 Å². The summed E-state index contributed by atoms with van der Waals surface area (Å²) >= 11 is 0. The lowest BCUT2D eigenvalue weighted by molar-refractivity contribution is -0.126. The Hall–Kier alpha value is -4.96. The van der Waals surface area contributed by atoms with Gasteiger partial charge < -0.3 is 9.47 Å². The maximum atomic E-state index is 13.8. The van der Waals surface area contributed by atoms with Gasteiger partial charge in [0, 0.05) is 7.05 Å². The molecular weight excluding hydrogens is 512 g/mol. The summed E-state index contributed by atoms with van der Waals surface area (Å²) in [7, 11) is 3.13. The minimum absolute atomic E-state index is 0.205. The largest absolute Gasteiger partial charge is 0.493 e. The smallest absolute Gasteiger partial charge is 0.362 e. The Morgan fingerprint density at radius 1 is 0.875 bits per heavy atom. The monoisotopic (exact) mass is 538 g/mol. The summed E-state index contributed by atoms with van der Waals surface area (Å²) in [6, 6.07) is 24.1. The molecule has 40 heavy (non-hydrogen) atoms. The number of hydrogen-bond donors (Lipinski definition) is 0. The number of rotatable bonds is 6. The van der Waals surface area contributed by atoms with Crippen LogP contribution in [0.5, 0.6) is 11.5 Å². The van der Waals surface area contributed by atoms with Crippen molar-refractivity contribution in [2.24, 2.45) is 13.0 Å². The van der Waals surface area contributed by atoms with E-state index < -0.39 is 29.9 Å². The van der Waals surface area contributed by atoms with Crippen LogP contribution in [0.15, 0.2) is 84.9 Å².